The SMILES string of the molecule is CC(=O)c1cnc2ccc(F)cn12.CN(C)/C=C/C(=O)c1cnc2ccc(F)cn12. The van der Waals surface area contributed by atoms with E-state index in [1.54, 1.807) is 11.1 Å². The molecule has 0 atom stereocenters. The van der Waals surface area contributed by atoms with Crippen LogP contribution in [-0.4, -0.2) is 49.3 Å². The van der Waals surface area contributed by atoms with Crippen LogP contribution in [0.25, 0.3) is 11.3 Å². The van der Waals surface area contributed by atoms with Gasteiger partial charge in [-0.15, -0.1) is 0 Å². The lowest BCUT2D eigenvalue weighted by molar-refractivity contribution is 0.101. The second-order valence-electron chi connectivity index (χ2n) is 6.64. The lowest BCUT2D eigenvalue weighted by Gasteiger charge is -2.02. The van der Waals surface area contributed by atoms with Gasteiger partial charge in [-0.05, 0) is 24.3 Å². The number of halogens is 2. The fourth-order valence-electron chi connectivity index (χ4n) is 2.65. The van der Waals surface area contributed by atoms with Gasteiger partial charge in [0.05, 0.1) is 12.4 Å². The Morgan fingerprint density at radius 3 is 1.90 bits per heavy atom. The van der Waals surface area contributed by atoms with Gasteiger partial charge in [0.2, 0.25) is 5.78 Å². The molecule has 0 saturated carbocycles. The summed E-state index contributed by atoms with van der Waals surface area (Å²) < 4.78 is 28.8. The van der Waals surface area contributed by atoms with E-state index >= 15 is 0 Å². The molecule has 4 aromatic heterocycles. The maximum Gasteiger partial charge on any atom is 0.205 e. The highest BCUT2D eigenvalue weighted by Gasteiger charge is 2.10. The molecule has 7 nitrogen and oxygen atoms in total. The number of pyridine rings is 2. The van der Waals surface area contributed by atoms with Crippen molar-refractivity contribution in [2.75, 3.05) is 14.1 Å². The number of hydrogen-bond donors (Lipinski definition) is 0. The summed E-state index contributed by atoms with van der Waals surface area (Å²) in [5.74, 6) is -1.12. The number of nitrogens with zero attached hydrogens (tertiary/aromatic N) is 5. The Labute approximate surface area is 170 Å². The van der Waals surface area contributed by atoms with Crippen LogP contribution in [0.15, 0.2) is 61.3 Å². The van der Waals surface area contributed by atoms with Crippen molar-refractivity contribution in [2.24, 2.45) is 0 Å². The summed E-state index contributed by atoms with van der Waals surface area (Å²) in [5, 5.41) is 0. The Bertz CT molecular complexity index is 1260. The molecule has 0 saturated heterocycles. The van der Waals surface area contributed by atoms with E-state index in [0.717, 1.165) is 0 Å². The molecule has 154 valence electrons. The first kappa shape index (κ1) is 20.8. The van der Waals surface area contributed by atoms with E-state index in [-0.39, 0.29) is 17.4 Å². The molecule has 0 spiro atoms. The van der Waals surface area contributed by atoms with E-state index in [4.69, 9.17) is 0 Å². The second-order valence-corrected chi connectivity index (χ2v) is 6.64. The van der Waals surface area contributed by atoms with Gasteiger partial charge in [-0.3, -0.25) is 18.4 Å². The van der Waals surface area contributed by atoms with Crippen molar-refractivity contribution in [3.8, 4) is 0 Å². The molecule has 0 fully saturated rings. The van der Waals surface area contributed by atoms with E-state index in [0.29, 0.717) is 22.7 Å². The average molecular weight is 411 g/mol. The molecule has 0 N–H and O–H groups in total. The summed E-state index contributed by atoms with van der Waals surface area (Å²) >= 11 is 0. The number of carbonyl (C=O) groups excluding carboxylic acids is 2. The minimum Gasteiger partial charge on any atom is -0.383 e. The number of hydrogen-bond acceptors (Lipinski definition) is 5. The number of fused-ring (bicyclic) bond motifs is 2. The Kier molecular flexibility index (Phi) is 6.01. The lowest BCUT2D eigenvalue weighted by Crippen LogP contribution is -2.05. The fourth-order valence-corrected chi connectivity index (χ4v) is 2.65. The zero-order chi connectivity index (χ0) is 21.8. The van der Waals surface area contributed by atoms with Crippen LogP contribution in [0.1, 0.15) is 27.9 Å². The summed E-state index contributed by atoms with van der Waals surface area (Å²) in [6.45, 7) is 1.42. The molecule has 0 aromatic carbocycles. The Morgan fingerprint density at radius 2 is 1.40 bits per heavy atom. The van der Waals surface area contributed by atoms with Crippen LogP contribution < -0.4 is 0 Å². The number of aromatic nitrogens is 4. The molecule has 0 unspecified atom stereocenters. The molecular weight excluding hydrogens is 392 g/mol. The number of ketones is 2. The van der Waals surface area contributed by atoms with Crippen LogP contribution in [-0.2, 0) is 0 Å². The summed E-state index contributed by atoms with van der Waals surface area (Å²) in [7, 11) is 3.63. The standard InChI is InChI=1S/C12H12FN3O.C9H7FN2O/c1-15(2)6-5-11(17)10-7-14-12-4-3-9(13)8-16(10)12;1-6(13)8-4-11-9-3-2-7(10)5-12(8)9/h3-8H,1-2H3;2-5H,1H3/b6-5+;. The van der Waals surface area contributed by atoms with Gasteiger partial charge in [-0.25, -0.2) is 18.7 Å². The Balaban J connectivity index is 0.000000177. The topological polar surface area (TPSA) is 72.0 Å². The molecule has 0 aliphatic heterocycles. The fraction of sp³-hybridized carbons (Fsp3) is 0.143. The third-order valence-electron chi connectivity index (χ3n) is 4.08. The van der Waals surface area contributed by atoms with Gasteiger partial charge in [-0.2, -0.15) is 0 Å². The number of imidazole rings is 2. The molecule has 4 rings (SSSR count). The van der Waals surface area contributed by atoms with Crippen LogP contribution in [0.4, 0.5) is 8.78 Å². The smallest absolute Gasteiger partial charge is 0.205 e. The van der Waals surface area contributed by atoms with Crippen LogP contribution in [0.2, 0.25) is 0 Å². The van der Waals surface area contributed by atoms with E-state index in [1.165, 1.54) is 70.9 Å². The molecule has 0 amide bonds. The third kappa shape index (κ3) is 4.57. The highest BCUT2D eigenvalue weighted by Crippen LogP contribution is 2.10. The van der Waals surface area contributed by atoms with Gasteiger partial charge in [0.25, 0.3) is 0 Å². The van der Waals surface area contributed by atoms with Crippen molar-refractivity contribution in [1.29, 1.82) is 0 Å². The summed E-state index contributed by atoms with van der Waals surface area (Å²) in [6.07, 6.45) is 8.45. The van der Waals surface area contributed by atoms with Crippen LogP contribution in [0.5, 0.6) is 0 Å². The normalized spacial score (nSPS) is 11.0. The first-order valence-electron chi connectivity index (χ1n) is 8.91. The number of carbonyl (C=O) groups is 2. The second kappa shape index (κ2) is 8.64. The average Bonchev–Trinajstić information content (AvgIpc) is 3.30. The molecule has 4 heterocycles. The van der Waals surface area contributed by atoms with Gasteiger partial charge in [0, 0.05) is 45.7 Å². The quantitative estimate of drug-likeness (QED) is 0.380. The van der Waals surface area contributed by atoms with Crippen molar-refractivity contribution >= 4 is 22.9 Å². The summed E-state index contributed by atoms with van der Waals surface area (Å²) in [5.41, 5.74) is 1.87. The number of Topliss-reactive ketones (excluding diaryl/α,β-unsaturated/α-hetero) is 1. The predicted molar refractivity (Wildman–Crippen MR) is 107 cm³/mol. The number of rotatable bonds is 4. The van der Waals surface area contributed by atoms with Gasteiger partial charge in [0.1, 0.15) is 34.3 Å². The predicted octanol–water partition coefficient (Wildman–Crippen LogP) is 3.41. The first-order valence-corrected chi connectivity index (χ1v) is 8.91. The molecular formula is C21H19F2N5O2. The molecule has 4 aromatic rings. The van der Waals surface area contributed by atoms with Gasteiger partial charge < -0.3 is 4.90 Å². The highest BCUT2D eigenvalue weighted by atomic mass is 19.1. The molecule has 9 heteroatoms. The van der Waals surface area contributed by atoms with Crippen molar-refractivity contribution in [3.63, 3.8) is 0 Å². The molecule has 30 heavy (non-hydrogen) atoms. The van der Waals surface area contributed by atoms with Crippen LogP contribution >= 0.6 is 0 Å². The zero-order valence-electron chi connectivity index (χ0n) is 16.6. The maximum atomic E-state index is 13.1. The summed E-state index contributed by atoms with van der Waals surface area (Å²) in [4.78, 5) is 32.6. The minimum atomic E-state index is -0.402. The highest BCUT2D eigenvalue weighted by molar-refractivity contribution is 6.03. The molecule has 0 aliphatic carbocycles. The van der Waals surface area contributed by atoms with Gasteiger partial charge in [0.15, 0.2) is 5.78 Å². The summed E-state index contributed by atoms with van der Waals surface area (Å²) in [6, 6.07) is 5.68. The lowest BCUT2D eigenvalue weighted by atomic mass is 10.3. The van der Waals surface area contributed by atoms with Gasteiger partial charge in [-0.1, -0.05) is 0 Å². The van der Waals surface area contributed by atoms with Crippen molar-refractivity contribution < 1.29 is 18.4 Å². The third-order valence-corrected chi connectivity index (χ3v) is 4.08. The zero-order valence-corrected chi connectivity index (χ0v) is 16.6. The largest absolute Gasteiger partial charge is 0.383 e. The van der Waals surface area contributed by atoms with E-state index in [1.807, 2.05) is 14.1 Å². The van der Waals surface area contributed by atoms with Crippen LogP contribution in [0.3, 0.4) is 0 Å². The van der Waals surface area contributed by atoms with Crippen molar-refractivity contribution in [3.05, 3.63) is 84.4 Å². The van der Waals surface area contributed by atoms with Crippen molar-refractivity contribution in [2.45, 2.75) is 6.92 Å². The monoisotopic (exact) mass is 411 g/mol. The van der Waals surface area contributed by atoms with Crippen molar-refractivity contribution in [1.82, 2.24) is 23.7 Å². The first-order chi connectivity index (χ1) is 14.3. The Morgan fingerprint density at radius 1 is 0.900 bits per heavy atom. The van der Waals surface area contributed by atoms with E-state index < -0.39 is 5.82 Å². The Hall–Kier alpha value is -3.88. The van der Waals surface area contributed by atoms with Gasteiger partial charge >= 0.3 is 0 Å². The maximum absolute atomic E-state index is 13.1. The molecule has 0 radical (unpaired) electrons. The molecule has 0 bridgehead atoms. The number of allylic oxidation sites excluding steroid dienone is 1. The van der Waals surface area contributed by atoms with Crippen LogP contribution in [0, 0.1) is 11.6 Å². The van der Waals surface area contributed by atoms with E-state index in [9.17, 15) is 18.4 Å². The molecule has 0 aliphatic rings. The van der Waals surface area contributed by atoms with E-state index in [2.05, 4.69) is 9.97 Å². The minimum absolute atomic E-state index is 0.127.